The molecule has 0 N–H and O–H groups in total. The Balaban J connectivity index is 1.26. The number of halogens is 1. The molecule has 0 saturated carbocycles. The van der Waals surface area contributed by atoms with Gasteiger partial charge >= 0.3 is 0 Å². The lowest BCUT2D eigenvalue weighted by Gasteiger charge is -2.36. The highest BCUT2D eigenvalue weighted by molar-refractivity contribution is 5.95. The van der Waals surface area contributed by atoms with E-state index in [-0.39, 0.29) is 11.7 Å². The van der Waals surface area contributed by atoms with Gasteiger partial charge in [-0.25, -0.2) is 9.37 Å². The Bertz CT molecular complexity index is 1090. The highest BCUT2D eigenvalue weighted by Crippen LogP contribution is 2.29. The number of carbonyl (C=O) groups is 1. The third-order valence-corrected chi connectivity index (χ3v) is 6.50. The molecular formula is C26H28FN5O. The van der Waals surface area contributed by atoms with Gasteiger partial charge in [-0.05, 0) is 55.7 Å². The average molecular weight is 446 g/mol. The van der Waals surface area contributed by atoms with Crippen LogP contribution >= 0.6 is 0 Å². The fraction of sp³-hybridized carbons (Fsp3) is 0.346. The first-order chi connectivity index (χ1) is 16.2. The molecule has 7 heteroatoms. The van der Waals surface area contributed by atoms with Crippen molar-refractivity contribution in [3.8, 4) is 11.3 Å². The van der Waals surface area contributed by atoms with E-state index in [9.17, 15) is 9.18 Å². The third kappa shape index (κ3) is 4.67. The van der Waals surface area contributed by atoms with Gasteiger partial charge in [0.2, 0.25) is 0 Å². The molecule has 3 aromatic rings. The molecule has 0 unspecified atom stereocenters. The molecule has 0 atom stereocenters. The molecule has 0 radical (unpaired) electrons. The van der Waals surface area contributed by atoms with Crippen molar-refractivity contribution in [2.75, 3.05) is 49.1 Å². The van der Waals surface area contributed by atoms with E-state index in [1.165, 1.54) is 31.4 Å². The first-order valence-electron chi connectivity index (χ1n) is 11.7. The van der Waals surface area contributed by atoms with E-state index in [0.29, 0.717) is 18.7 Å². The van der Waals surface area contributed by atoms with Crippen molar-refractivity contribution in [1.82, 2.24) is 14.9 Å². The van der Waals surface area contributed by atoms with Crippen LogP contribution < -0.4 is 9.80 Å². The van der Waals surface area contributed by atoms with Crippen molar-refractivity contribution < 1.29 is 9.18 Å². The Morgan fingerprint density at radius 1 is 0.727 bits per heavy atom. The largest absolute Gasteiger partial charge is 0.368 e. The summed E-state index contributed by atoms with van der Waals surface area (Å²) in [7, 11) is 0. The van der Waals surface area contributed by atoms with Crippen LogP contribution in [0.5, 0.6) is 0 Å². The number of hydrogen-bond acceptors (Lipinski definition) is 5. The summed E-state index contributed by atoms with van der Waals surface area (Å²) in [6, 6.07) is 14.2. The summed E-state index contributed by atoms with van der Waals surface area (Å²) in [6.07, 6.45) is 7.09. The second-order valence-corrected chi connectivity index (χ2v) is 8.61. The Morgan fingerprint density at radius 3 is 2.09 bits per heavy atom. The number of rotatable bonds is 4. The second-order valence-electron chi connectivity index (χ2n) is 8.61. The Kier molecular flexibility index (Phi) is 6.19. The molecule has 1 amide bonds. The molecule has 2 aliphatic rings. The van der Waals surface area contributed by atoms with Gasteiger partial charge in [0.1, 0.15) is 11.5 Å². The minimum Gasteiger partial charge on any atom is -0.368 e. The Hall–Kier alpha value is -3.48. The van der Waals surface area contributed by atoms with E-state index in [4.69, 9.17) is 0 Å². The number of hydrogen-bond donors (Lipinski definition) is 0. The lowest BCUT2D eigenvalue weighted by molar-refractivity contribution is 0.0747. The first kappa shape index (κ1) is 21.4. The van der Waals surface area contributed by atoms with E-state index < -0.39 is 0 Å². The number of anilines is 2. The fourth-order valence-electron chi connectivity index (χ4n) is 4.64. The van der Waals surface area contributed by atoms with E-state index >= 15 is 0 Å². The van der Waals surface area contributed by atoms with Crippen LogP contribution in [0.2, 0.25) is 0 Å². The molecule has 1 aromatic heterocycles. The average Bonchev–Trinajstić information content (AvgIpc) is 2.89. The molecule has 2 fully saturated rings. The summed E-state index contributed by atoms with van der Waals surface area (Å²) in [4.78, 5) is 28.7. The first-order valence-corrected chi connectivity index (χ1v) is 11.7. The summed E-state index contributed by atoms with van der Waals surface area (Å²) in [6.45, 7) is 4.75. The van der Waals surface area contributed by atoms with Gasteiger partial charge in [-0.3, -0.25) is 9.78 Å². The number of piperidine rings is 1. The van der Waals surface area contributed by atoms with Gasteiger partial charge < -0.3 is 14.7 Å². The van der Waals surface area contributed by atoms with Crippen LogP contribution in [0.1, 0.15) is 29.6 Å². The zero-order chi connectivity index (χ0) is 22.6. The molecule has 3 heterocycles. The molecule has 0 aliphatic carbocycles. The molecule has 170 valence electrons. The zero-order valence-corrected chi connectivity index (χ0v) is 18.7. The highest BCUT2D eigenvalue weighted by atomic mass is 19.1. The number of piperazine rings is 1. The van der Waals surface area contributed by atoms with E-state index in [1.807, 2.05) is 29.2 Å². The summed E-state index contributed by atoms with van der Waals surface area (Å²) < 4.78 is 13.2. The molecule has 33 heavy (non-hydrogen) atoms. The van der Waals surface area contributed by atoms with Gasteiger partial charge in [-0.2, -0.15) is 0 Å². The van der Waals surface area contributed by atoms with Crippen molar-refractivity contribution in [2.24, 2.45) is 0 Å². The quantitative estimate of drug-likeness (QED) is 0.601. The third-order valence-electron chi connectivity index (χ3n) is 6.50. The number of aromatic nitrogens is 2. The smallest absolute Gasteiger partial charge is 0.253 e. The van der Waals surface area contributed by atoms with Crippen LogP contribution in [0.15, 0.2) is 60.9 Å². The number of nitrogens with zero attached hydrogens (tertiary/aromatic N) is 5. The molecule has 6 nitrogen and oxygen atoms in total. The predicted molar refractivity (Wildman–Crippen MR) is 128 cm³/mol. The van der Waals surface area contributed by atoms with Crippen LogP contribution in [0.25, 0.3) is 11.3 Å². The molecule has 0 bridgehead atoms. The molecule has 2 saturated heterocycles. The van der Waals surface area contributed by atoms with Crippen molar-refractivity contribution in [1.29, 1.82) is 0 Å². The maximum absolute atomic E-state index is 13.2. The molecule has 0 spiro atoms. The van der Waals surface area contributed by atoms with Crippen molar-refractivity contribution in [3.63, 3.8) is 0 Å². The van der Waals surface area contributed by atoms with E-state index in [0.717, 1.165) is 48.9 Å². The summed E-state index contributed by atoms with van der Waals surface area (Å²) in [5.41, 5.74) is 3.51. The Morgan fingerprint density at radius 2 is 1.39 bits per heavy atom. The Labute approximate surface area is 193 Å². The van der Waals surface area contributed by atoms with Gasteiger partial charge in [0.05, 0.1) is 0 Å². The topological polar surface area (TPSA) is 52.6 Å². The maximum Gasteiger partial charge on any atom is 0.253 e. The lowest BCUT2D eigenvalue weighted by atomic mass is 10.1. The summed E-state index contributed by atoms with van der Waals surface area (Å²) in [5.74, 6) is 0.726. The van der Waals surface area contributed by atoms with Crippen LogP contribution in [0.3, 0.4) is 0 Å². The van der Waals surface area contributed by atoms with Gasteiger partial charge in [0.25, 0.3) is 5.91 Å². The maximum atomic E-state index is 13.2. The van der Waals surface area contributed by atoms with Gasteiger partial charge in [-0.1, -0.05) is 12.1 Å². The highest BCUT2D eigenvalue weighted by Gasteiger charge is 2.23. The minimum absolute atomic E-state index is 0.0377. The SMILES string of the molecule is O=C(c1ccc(-c2nccnc2N2CCCCC2)cc1)N1CCN(c2ccc(F)cc2)CC1. The van der Waals surface area contributed by atoms with E-state index in [1.54, 1.807) is 24.5 Å². The van der Waals surface area contributed by atoms with Crippen molar-refractivity contribution in [3.05, 3.63) is 72.3 Å². The summed E-state index contributed by atoms with van der Waals surface area (Å²) >= 11 is 0. The monoisotopic (exact) mass is 445 g/mol. The predicted octanol–water partition coefficient (Wildman–Crippen LogP) is 4.24. The van der Waals surface area contributed by atoms with Crippen LogP contribution in [-0.4, -0.2) is 60.0 Å². The molecular weight excluding hydrogens is 417 g/mol. The molecule has 5 rings (SSSR count). The lowest BCUT2D eigenvalue weighted by Crippen LogP contribution is -2.48. The van der Waals surface area contributed by atoms with Crippen LogP contribution in [-0.2, 0) is 0 Å². The van der Waals surface area contributed by atoms with Gasteiger partial charge in [0, 0.05) is 68.5 Å². The van der Waals surface area contributed by atoms with Crippen molar-refractivity contribution >= 4 is 17.4 Å². The minimum atomic E-state index is -0.236. The van der Waals surface area contributed by atoms with Crippen LogP contribution in [0, 0.1) is 5.82 Å². The molecule has 2 aromatic carbocycles. The second kappa shape index (κ2) is 9.57. The van der Waals surface area contributed by atoms with E-state index in [2.05, 4.69) is 19.8 Å². The van der Waals surface area contributed by atoms with Crippen molar-refractivity contribution in [2.45, 2.75) is 19.3 Å². The van der Waals surface area contributed by atoms with Gasteiger partial charge in [-0.15, -0.1) is 0 Å². The molecule has 2 aliphatic heterocycles. The summed E-state index contributed by atoms with van der Waals surface area (Å²) in [5, 5.41) is 0. The standard InChI is InChI=1S/C26H28FN5O/c27-22-8-10-23(11-9-22)30-16-18-32(19-17-30)26(33)21-6-4-20(5-7-21)24-25(29-13-12-28-24)31-14-2-1-3-15-31/h4-13H,1-3,14-19H2. The number of carbonyl (C=O) groups excluding carboxylic acids is 1. The fourth-order valence-corrected chi connectivity index (χ4v) is 4.64. The number of benzene rings is 2. The zero-order valence-electron chi connectivity index (χ0n) is 18.7. The van der Waals surface area contributed by atoms with Crippen LogP contribution in [0.4, 0.5) is 15.9 Å². The normalized spacial score (nSPS) is 16.7. The number of amides is 1. The van der Waals surface area contributed by atoms with Gasteiger partial charge in [0.15, 0.2) is 5.82 Å².